The van der Waals surface area contributed by atoms with Gasteiger partial charge >= 0.3 is 132 Å². The molecule has 0 aliphatic heterocycles. The maximum absolute atomic E-state index is 12.1. The maximum atomic E-state index is 12.1. The van der Waals surface area contributed by atoms with Crippen LogP contribution in [0, 0.1) is 0 Å². The van der Waals surface area contributed by atoms with Crippen LogP contribution in [-0.2, 0) is 18.6 Å². The Bertz CT molecular complexity index is 357. The predicted molar refractivity (Wildman–Crippen MR) is 93.8 cm³/mol. The van der Waals surface area contributed by atoms with Gasteiger partial charge < -0.3 is 0 Å². The van der Waals surface area contributed by atoms with Crippen LogP contribution in [0.3, 0.4) is 0 Å². The van der Waals surface area contributed by atoms with Crippen LogP contribution in [0.1, 0.15) is 66.2 Å². The van der Waals surface area contributed by atoms with Gasteiger partial charge in [0.2, 0.25) is 0 Å². The Labute approximate surface area is 132 Å². The van der Waals surface area contributed by atoms with Gasteiger partial charge in [-0.1, -0.05) is 0 Å². The normalized spacial score (nSPS) is 14.8. The first kappa shape index (κ1) is 21.3. The second-order valence-electron chi connectivity index (χ2n) is 6.06. The van der Waals surface area contributed by atoms with E-state index < -0.39 is 17.2 Å². The molecule has 0 aliphatic rings. The summed E-state index contributed by atoms with van der Waals surface area (Å²) in [5.74, 6) is 0. The van der Waals surface area contributed by atoms with E-state index in [1.165, 1.54) is 7.11 Å². The summed E-state index contributed by atoms with van der Waals surface area (Å²) < 4.78 is 34.7. The molecule has 0 aromatic heterocycles. The number of hydrogen-bond acceptors (Lipinski definition) is 4. The van der Waals surface area contributed by atoms with Crippen molar-refractivity contribution < 1.29 is 16.6 Å². The minimum absolute atomic E-state index is 0.828. The standard InChI is InChI=1S/C15H35O4PS/c1-6-10-13-20(9-4,14-11-7-2,15-12-8-3)19-21(16,17)18-5/h6-15H2,1-5H3. The molecule has 0 bridgehead atoms. The summed E-state index contributed by atoms with van der Waals surface area (Å²) in [5.41, 5.74) is 0. The van der Waals surface area contributed by atoms with E-state index in [4.69, 9.17) is 3.97 Å². The second kappa shape index (κ2) is 9.44. The van der Waals surface area contributed by atoms with Crippen molar-refractivity contribution in [1.29, 1.82) is 0 Å². The summed E-state index contributed by atoms with van der Waals surface area (Å²) in [6.45, 7) is 5.79. The predicted octanol–water partition coefficient (Wildman–Crippen LogP) is 4.78. The zero-order chi connectivity index (χ0) is 16.4. The fourth-order valence-electron chi connectivity index (χ4n) is 2.94. The molecule has 0 saturated heterocycles. The van der Waals surface area contributed by atoms with Crippen LogP contribution in [0.4, 0.5) is 0 Å². The number of rotatable bonds is 13. The molecule has 0 aromatic carbocycles. The second-order valence-corrected chi connectivity index (χ2v) is 13.5. The summed E-state index contributed by atoms with van der Waals surface area (Å²) in [6, 6.07) is 0. The topological polar surface area (TPSA) is 52.6 Å². The zero-order valence-electron chi connectivity index (χ0n) is 14.6. The molecule has 0 spiro atoms. The van der Waals surface area contributed by atoms with Crippen LogP contribution < -0.4 is 0 Å². The molecule has 0 fully saturated rings. The van der Waals surface area contributed by atoms with Crippen molar-refractivity contribution in [3.63, 3.8) is 0 Å². The van der Waals surface area contributed by atoms with Crippen molar-refractivity contribution >= 4 is 17.2 Å². The molecular formula is C15H35O4PS. The van der Waals surface area contributed by atoms with E-state index in [-0.39, 0.29) is 0 Å². The quantitative estimate of drug-likeness (QED) is 0.452. The molecule has 0 heterocycles. The van der Waals surface area contributed by atoms with Crippen molar-refractivity contribution in [3.8, 4) is 0 Å². The van der Waals surface area contributed by atoms with Gasteiger partial charge in [-0.15, -0.1) is 0 Å². The average Bonchev–Trinajstić information content (AvgIpc) is 2.49. The first-order valence-electron chi connectivity index (χ1n) is 8.35. The Morgan fingerprint density at radius 1 is 0.810 bits per heavy atom. The fraction of sp³-hybridized carbons (Fsp3) is 1.00. The van der Waals surface area contributed by atoms with Gasteiger partial charge in [0.15, 0.2) is 0 Å². The molecule has 0 amide bonds. The van der Waals surface area contributed by atoms with Crippen LogP contribution in [0.5, 0.6) is 0 Å². The molecule has 130 valence electrons. The molecule has 6 heteroatoms. The number of unbranched alkanes of at least 4 members (excludes halogenated alkanes) is 3. The van der Waals surface area contributed by atoms with Gasteiger partial charge in [-0.2, -0.15) is 0 Å². The van der Waals surface area contributed by atoms with Crippen molar-refractivity contribution in [2.75, 3.05) is 31.8 Å². The Hall–Kier alpha value is 0.300. The van der Waals surface area contributed by atoms with E-state index in [0.717, 1.165) is 63.2 Å². The van der Waals surface area contributed by atoms with Crippen LogP contribution in [0.25, 0.3) is 0 Å². The van der Waals surface area contributed by atoms with Crippen LogP contribution >= 0.6 is 6.83 Å². The molecule has 0 N–H and O–H groups in total. The molecule has 21 heavy (non-hydrogen) atoms. The van der Waals surface area contributed by atoms with Gasteiger partial charge in [0.25, 0.3) is 0 Å². The summed E-state index contributed by atoms with van der Waals surface area (Å²) in [5, 5.41) is 0. The third-order valence-corrected chi connectivity index (χ3v) is 13.3. The molecule has 0 saturated carbocycles. The minimum atomic E-state index is -3.88. The molecule has 4 nitrogen and oxygen atoms in total. The first-order chi connectivity index (χ1) is 9.82. The SMILES string of the molecule is CCCCP(CC)(CCCC)(CCCC)OS(=O)(=O)OC. The zero-order valence-corrected chi connectivity index (χ0v) is 16.3. The van der Waals surface area contributed by atoms with Gasteiger partial charge in [0.1, 0.15) is 0 Å². The van der Waals surface area contributed by atoms with Crippen molar-refractivity contribution in [1.82, 2.24) is 0 Å². The van der Waals surface area contributed by atoms with Gasteiger partial charge in [-0.25, -0.2) is 0 Å². The summed E-state index contributed by atoms with van der Waals surface area (Å²) >= 11 is 0. The molecule has 0 aliphatic carbocycles. The molecule has 0 radical (unpaired) electrons. The van der Waals surface area contributed by atoms with Crippen molar-refractivity contribution in [2.45, 2.75) is 66.2 Å². The first-order valence-corrected chi connectivity index (χ1v) is 12.6. The Morgan fingerprint density at radius 2 is 1.19 bits per heavy atom. The Morgan fingerprint density at radius 3 is 1.43 bits per heavy atom. The van der Waals surface area contributed by atoms with Gasteiger partial charge in [0.05, 0.1) is 0 Å². The van der Waals surface area contributed by atoms with E-state index in [0.29, 0.717) is 0 Å². The van der Waals surface area contributed by atoms with E-state index in [1.807, 2.05) is 0 Å². The molecule has 0 unspecified atom stereocenters. The Kier molecular flexibility index (Phi) is 9.58. The Balaban J connectivity index is 5.65. The van der Waals surface area contributed by atoms with Crippen LogP contribution in [0.15, 0.2) is 0 Å². The number of hydrogen-bond donors (Lipinski definition) is 0. The molecule has 0 atom stereocenters. The molecule has 0 rings (SSSR count). The molecule has 0 aromatic rings. The van der Waals surface area contributed by atoms with Gasteiger partial charge in [-0.3, -0.25) is 0 Å². The molecular weight excluding hydrogens is 307 g/mol. The summed E-state index contributed by atoms with van der Waals surface area (Å²) in [7, 11) is -2.69. The monoisotopic (exact) mass is 342 g/mol. The van der Waals surface area contributed by atoms with E-state index in [1.54, 1.807) is 0 Å². The fourth-order valence-corrected chi connectivity index (χ4v) is 11.5. The van der Waals surface area contributed by atoms with Crippen LogP contribution in [0.2, 0.25) is 0 Å². The summed E-state index contributed by atoms with van der Waals surface area (Å²) in [6.07, 6.45) is 9.80. The third kappa shape index (κ3) is 6.52. The van der Waals surface area contributed by atoms with E-state index in [9.17, 15) is 8.42 Å². The van der Waals surface area contributed by atoms with Crippen molar-refractivity contribution in [2.24, 2.45) is 0 Å². The summed E-state index contributed by atoms with van der Waals surface area (Å²) in [4.78, 5) is 0. The van der Waals surface area contributed by atoms with Gasteiger partial charge in [-0.05, 0) is 0 Å². The van der Waals surface area contributed by atoms with Crippen molar-refractivity contribution in [3.05, 3.63) is 0 Å². The van der Waals surface area contributed by atoms with Gasteiger partial charge in [0, 0.05) is 0 Å². The van der Waals surface area contributed by atoms with E-state index in [2.05, 4.69) is 31.9 Å². The van der Waals surface area contributed by atoms with E-state index >= 15 is 0 Å². The average molecular weight is 342 g/mol. The third-order valence-electron chi connectivity index (χ3n) is 4.54. The van der Waals surface area contributed by atoms with Crippen LogP contribution in [-0.4, -0.2) is 40.2 Å².